The van der Waals surface area contributed by atoms with Crippen LogP contribution in [-0.4, -0.2) is 30.1 Å². The number of nitrogen functional groups attached to an aromatic ring is 1. The largest absolute Gasteiger partial charge is 0.497 e. The number of anilines is 1. The fourth-order valence-electron chi connectivity index (χ4n) is 2.10. The van der Waals surface area contributed by atoms with E-state index in [2.05, 4.69) is 5.16 Å². The number of methoxy groups -OCH3 is 1. The molecule has 0 saturated heterocycles. The Morgan fingerprint density at radius 2 is 2.14 bits per heavy atom. The molecule has 0 fully saturated rings. The Kier molecular flexibility index (Phi) is 4.16. The Hall–Kier alpha value is -2.50. The molecule has 1 heterocycles. The van der Waals surface area contributed by atoms with Crippen LogP contribution < -0.4 is 10.5 Å². The average molecular weight is 289 g/mol. The van der Waals surface area contributed by atoms with E-state index in [4.69, 9.17) is 15.0 Å². The van der Waals surface area contributed by atoms with Gasteiger partial charge in [0, 0.05) is 24.4 Å². The number of aryl methyl sites for hydroxylation is 2. The van der Waals surface area contributed by atoms with Crippen LogP contribution in [0.2, 0.25) is 0 Å². The standard InChI is InChI=1S/C15H19N3O3/c1-9-13(10(2)21-17-9)8-18(3)15(19)12-6-5-11(20-4)7-14(12)16/h5-7H,8,16H2,1-4H3. The highest BCUT2D eigenvalue weighted by atomic mass is 16.5. The van der Waals surface area contributed by atoms with Gasteiger partial charge >= 0.3 is 0 Å². The molecule has 2 rings (SSSR count). The molecule has 0 aliphatic carbocycles. The Morgan fingerprint density at radius 3 is 2.67 bits per heavy atom. The highest BCUT2D eigenvalue weighted by Gasteiger charge is 2.18. The molecular weight excluding hydrogens is 270 g/mol. The topological polar surface area (TPSA) is 81.6 Å². The van der Waals surface area contributed by atoms with E-state index in [9.17, 15) is 4.79 Å². The summed E-state index contributed by atoms with van der Waals surface area (Å²) in [5.74, 6) is 1.18. The number of amides is 1. The smallest absolute Gasteiger partial charge is 0.255 e. The maximum absolute atomic E-state index is 12.5. The molecule has 21 heavy (non-hydrogen) atoms. The van der Waals surface area contributed by atoms with Crippen molar-refractivity contribution in [1.29, 1.82) is 0 Å². The molecule has 2 N–H and O–H groups in total. The third-order valence-electron chi connectivity index (χ3n) is 3.41. The van der Waals surface area contributed by atoms with Crippen LogP contribution >= 0.6 is 0 Å². The van der Waals surface area contributed by atoms with Crippen molar-refractivity contribution in [2.75, 3.05) is 19.9 Å². The van der Waals surface area contributed by atoms with Crippen molar-refractivity contribution >= 4 is 11.6 Å². The molecule has 2 aromatic rings. The summed E-state index contributed by atoms with van der Waals surface area (Å²) in [6.45, 7) is 4.10. The summed E-state index contributed by atoms with van der Waals surface area (Å²) >= 11 is 0. The van der Waals surface area contributed by atoms with Crippen LogP contribution in [0, 0.1) is 13.8 Å². The summed E-state index contributed by atoms with van der Waals surface area (Å²) in [6.07, 6.45) is 0. The Balaban J connectivity index is 2.20. The predicted octanol–water partition coefficient (Wildman–Crippen LogP) is 2.15. The van der Waals surface area contributed by atoms with Crippen molar-refractivity contribution in [3.63, 3.8) is 0 Å². The van der Waals surface area contributed by atoms with Gasteiger partial charge in [-0.25, -0.2) is 0 Å². The van der Waals surface area contributed by atoms with Gasteiger partial charge in [0.05, 0.1) is 24.9 Å². The lowest BCUT2D eigenvalue weighted by atomic mass is 10.1. The molecule has 0 aliphatic rings. The van der Waals surface area contributed by atoms with E-state index in [0.29, 0.717) is 23.5 Å². The SMILES string of the molecule is COc1ccc(C(=O)N(C)Cc2c(C)noc2C)c(N)c1. The van der Waals surface area contributed by atoms with Crippen LogP contribution in [0.3, 0.4) is 0 Å². The zero-order valence-electron chi connectivity index (χ0n) is 12.6. The molecule has 0 radical (unpaired) electrons. The Bertz CT molecular complexity index is 645. The lowest BCUT2D eigenvalue weighted by molar-refractivity contribution is 0.0785. The van der Waals surface area contributed by atoms with Crippen LogP contribution in [0.25, 0.3) is 0 Å². The van der Waals surface area contributed by atoms with Crippen LogP contribution in [0.1, 0.15) is 27.4 Å². The second kappa shape index (κ2) is 5.87. The first-order chi connectivity index (χ1) is 9.93. The first-order valence-corrected chi connectivity index (χ1v) is 6.54. The minimum absolute atomic E-state index is 0.157. The van der Waals surface area contributed by atoms with Gasteiger partial charge in [-0.1, -0.05) is 5.16 Å². The maximum atomic E-state index is 12.5. The van der Waals surface area contributed by atoms with Crippen molar-refractivity contribution < 1.29 is 14.1 Å². The first kappa shape index (κ1) is 14.9. The summed E-state index contributed by atoms with van der Waals surface area (Å²) in [4.78, 5) is 14.1. The van der Waals surface area contributed by atoms with Gasteiger partial charge in [-0.05, 0) is 26.0 Å². The van der Waals surface area contributed by atoms with E-state index in [1.807, 2.05) is 13.8 Å². The maximum Gasteiger partial charge on any atom is 0.255 e. The van der Waals surface area contributed by atoms with E-state index in [0.717, 1.165) is 17.0 Å². The van der Waals surface area contributed by atoms with Crippen LogP contribution in [0.5, 0.6) is 5.75 Å². The van der Waals surface area contributed by atoms with Gasteiger partial charge in [-0.3, -0.25) is 4.79 Å². The van der Waals surface area contributed by atoms with Gasteiger partial charge in [0.1, 0.15) is 11.5 Å². The Morgan fingerprint density at radius 1 is 1.43 bits per heavy atom. The fourth-order valence-corrected chi connectivity index (χ4v) is 2.10. The number of aromatic nitrogens is 1. The van der Waals surface area contributed by atoms with Gasteiger partial charge < -0.3 is 19.9 Å². The molecule has 0 unspecified atom stereocenters. The number of hydrogen-bond donors (Lipinski definition) is 1. The molecule has 6 nitrogen and oxygen atoms in total. The Labute approximate surface area is 123 Å². The lowest BCUT2D eigenvalue weighted by Crippen LogP contribution is -2.27. The molecule has 112 valence electrons. The van der Waals surface area contributed by atoms with Crippen LogP contribution in [0.15, 0.2) is 22.7 Å². The molecule has 0 saturated carbocycles. The summed E-state index contributed by atoms with van der Waals surface area (Å²) in [5.41, 5.74) is 8.45. The summed E-state index contributed by atoms with van der Waals surface area (Å²) in [6, 6.07) is 5.02. The number of hydrogen-bond acceptors (Lipinski definition) is 5. The van der Waals surface area contributed by atoms with E-state index in [1.54, 1.807) is 37.3 Å². The molecule has 0 bridgehead atoms. The van der Waals surface area contributed by atoms with E-state index in [1.165, 1.54) is 0 Å². The lowest BCUT2D eigenvalue weighted by Gasteiger charge is -2.18. The first-order valence-electron chi connectivity index (χ1n) is 6.54. The number of nitrogens with two attached hydrogens (primary N) is 1. The second-order valence-corrected chi connectivity index (χ2v) is 4.92. The normalized spacial score (nSPS) is 10.5. The van der Waals surface area contributed by atoms with Crippen LogP contribution in [-0.2, 0) is 6.54 Å². The van der Waals surface area contributed by atoms with Gasteiger partial charge in [-0.2, -0.15) is 0 Å². The summed E-state index contributed by atoms with van der Waals surface area (Å²) in [5, 5.41) is 3.89. The molecule has 1 aromatic heterocycles. The third kappa shape index (κ3) is 2.99. The van der Waals surface area contributed by atoms with E-state index in [-0.39, 0.29) is 5.91 Å². The predicted molar refractivity (Wildman–Crippen MR) is 79.2 cm³/mol. The molecule has 1 amide bonds. The van der Waals surface area contributed by atoms with Gasteiger partial charge in [0.15, 0.2) is 0 Å². The van der Waals surface area contributed by atoms with Crippen molar-refractivity contribution in [2.45, 2.75) is 20.4 Å². The number of rotatable bonds is 4. The van der Waals surface area contributed by atoms with Gasteiger partial charge in [0.2, 0.25) is 0 Å². The minimum atomic E-state index is -0.157. The number of carbonyl (C=O) groups excluding carboxylic acids is 1. The fraction of sp³-hybridized carbons (Fsp3) is 0.333. The van der Waals surface area contributed by atoms with Crippen molar-refractivity contribution in [3.8, 4) is 5.75 Å². The zero-order valence-corrected chi connectivity index (χ0v) is 12.6. The molecule has 0 spiro atoms. The summed E-state index contributed by atoms with van der Waals surface area (Å²) in [7, 11) is 3.28. The van der Waals surface area contributed by atoms with Crippen molar-refractivity contribution in [3.05, 3.63) is 40.8 Å². The van der Waals surface area contributed by atoms with Crippen molar-refractivity contribution in [1.82, 2.24) is 10.1 Å². The van der Waals surface area contributed by atoms with Gasteiger partial charge in [0.25, 0.3) is 5.91 Å². The molecule has 0 atom stereocenters. The summed E-state index contributed by atoms with van der Waals surface area (Å²) < 4.78 is 10.2. The second-order valence-electron chi connectivity index (χ2n) is 4.92. The molecule has 6 heteroatoms. The average Bonchev–Trinajstić information content (AvgIpc) is 2.78. The highest BCUT2D eigenvalue weighted by molar-refractivity contribution is 5.99. The number of carbonyl (C=O) groups is 1. The van der Waals surface area contributed by atoms with E-state index < -0.39 is 0 Å². The number of ether oxygens (including phenoxy) is 1. The monoisotopic (exact) mass is 289 g/mol. The third-order valence-corrected chi connectivity index (χ3v) is 3.41. The van der Waals surface area contributed by atoms with E-state index >= 15 is 0 Å². The van der Waals surface area contributed by atoms with Crippen LogP contribution in [0.4, 0.5) is 5.69 Å². The zero-order chi connectivity index (χ0) is 15.6. The number of nitrogens with zero attached hydrogens (tertiary/aromatic N) is 2. The molecular formula is C15H19N3O3. The van der Waals surface area contributed by atoms with Gasteiger partial charge in [-0.15, -0.1) is 0 Å². The highest BCUT2D eigenvalue weighted by Crippen LogP contribution is 2.22. The number of benzene rings is 1. The minimum Gasteiger partial charge on any atom is -0.497 e. The molecule has 1 aromatic carbocycles. The quantitative estimate of drug-likeness (QED) is 0.872. The van der Waals surface area contributed by atoms with Crippen molar-refractivity contribution in [2.24, 2.45) is 0 Å². The molecule has 0 aliphatic heterocycles.